The summed E-state index contributed by atoms with van der Waals surface area (Å²) < 4.78 is 16.1. The van der Waals surface area contributed by atoms with Gasteiger partial charge in [-0.2, -0.15) is 0 Å². The monoisotopic (exact) mass is 327 g/mol. The second kappa shape index (κ2) is 6.78. The van der Waals surface area contributed by atoms with E-state index in [1.807, 2.05) is 6.07 Å². The number of H-pyrrole nitrogens is 1. The predicted octanol–water partition coefficient (Wildman–Crippen LogP) is 2.19. The predicted molar refractivity (Wildman–Crippen MR) is 81.2 cm³/mol. The van der Waals surface area contributed by atoms with Crippen molar-refractivity contribution >= 4 is 11.6 Å². The molecule has 0 saturated carbocycles. The summed E-state index contributed by atoms with van der Waals surface area (Å²) in [5.41, 5.74) is 0. The van der Waals surface area contributed by atoms with E-state index in [1.54, 1.807) is 18.2 Å². The zero-order valence-corrected chi connectivity index (χ0v) is 12.7. The number of aromatic nitrogens is 3. The van der Waals surface area contributed by atoms with Gasteiger partial charge in [-0.15, -0.1) is 5.10 Å². The number of aromatic amines is 1. The van der Waals surface area contributed by atoms with E-state index in [0.717, 1.165) is 0 Å². The van der Waals surface area contributed by atoms with Gasteiger partial charge in [-0.25, -0.2) is 4.98 Å². The third-order valence-electron chi connectivity index (χ3n) is 3.13. The Bertz CT molecular complexity index is 854. The van der Waals surface area contributed by atoms with Crippen LogP contribution in [-0.2, 0) is 11.2 Å². The molecule has 0 aliphatic carbocycles. The van der Waals surface area contributed by atoms with E-state index in [-0.39, 0.29) is 12.2 Å². The number of ether oxygens (including phenoxy) is 2. The molecule has 24 heavy (non-hydrogen) atoms. The number of para-hydroxylation sites is 2. The normalized spacial score (nSPS) is 10.4. The van der Waals surface area contributed by atoms with Gasteiger partial charge in [0.05, 0.1) is 13.5 Å². The lowest BCUT2D eigenvalue weighted by molar-refractivity contribution is -0.114. The fourth-order valence-electron chi connectivity index (χ4n) is 2.02. The molecule has 0 atom stereocenters. The van der Waals surface area contributed by atoms with Gasteiger partial charge < -0.3 is 13.9 Å². The summed E-state index contributed by atoms with van der Waals surface area (Å²) in [6.07, 6.45) is 2.38. The molecule has 0 aliphatic rings. The third kappa shape index (κ3) is 3.32. The lowest BCUT2D eigenvalue weighted by atomic mass is 10.1. The average molecular weight is 327 g/mol. The van der Waals surface area contributed by atoms with E-state index in [0.29, 0.717) is 23.0 Å². The second-order valence-corrected chi connectivity index (χ2v) is 4.75. The molecule has 122 valence electrons. The molecule has 0 bridgehead atoms. The Morgan fingerprint density at radius 2 is 2.04 bits per heavy atom. The fourth-order valence-corrected chi connectivity index (χ4v) is 2.02. The highest BCUT2D eigenvalue weighted by atomic mass is 16.5. The second-order valence-electron chi connectivity index (χ2n) is 4.75. The molecule has 0 spiro atoms. The summed E-state index contributed by atoms with van der Waals surface area (Å²) in [6.45, 7) is 0. The first kappa shape index (κ1) is 15.5. The van der Waals surface area contributed by atoms with Gasteiger partial charge in [0.25, 0.3) is 5.78 Å². The average Bonchev–Trinajstić information content (AvgIpc) is 3.27. The standard InChI is InChI=1S/C16H13N3O5/c1-22-13-4-2-3-5-14(13)24-11-6-10(23-8-11)7-12(20)15(21)16-17-9-18-19-16/h2-6,8-9H,7H2,1H3,(H,17,18,19). The molecule has 1 N–H and O–H groups in total. The van der Waals surface area contributed by atoms with Crippen molar-refractivity contribution in [3.63, 3.8) is 0 Å². The molecule has 0 radical (unpaired) electrons. The number of hydrogen-bond acceptors (Lipinski definition) is 7. The maximum absolute atomic E-state index is 11.9. The van der Waals surface area contributed by atoms with Crippen molar-refractivity contribution in [1.29, 1.82) is 0 Å². The first-order chi connectivity index (χ1) is 11.7. The summed E-state index contributed by atoms with van der Waals surface area (Å²) in [7, 11) is 1.54. The fraction of sp³-hybridized carbons (Fsp3) is 0.125. The smallest absolute Gasteiger partial charge is 0.268 e. The molecule has 3 aromatic rings. The minimum absolute atomic E-state index is 0.169. The molecule has 8 nitrogen and oxygen atoms in total. The summed E-state index contributed by atoms with van der Waals surface area (Å²) in [6, 6.07) is 8.66. The molecule has 1 aromatic carbocycles. The Kier molecular flexibility index (Phi) is 4.37. The molecule has 0 unspecified atom stereocenters. The van der Waals surface area contributed by atoms with Crippen LogP contribution in [0, 0.1) is 0 Å². The van der Waals surface area contributed by atoms with Gasteiger partial charge in [-0.3, -0.25) is 14.7 Å². The first-order valence-corrected chi connectivity index (χ1v) is 6.99. The maximum atomic E-state index is 11.9. The SMILES string of the molecule is COc1ccccc1Oc1coc(CC(=O)C(=O)c2nc[nH]n2)c1. The van der Waals surface area contributed by atoms with Crippen LogP contribution in [0.25, 0.3) is 0 Å². The van der Waals surface area contributed by atoms with Crippen molar-refractivity contribution in [2.45, 2.75) is 6.42 Å². The van der Waals surface area contributed by atoms with Crippen LogP contribution in [0.4, 0.5) is 0 Å². The number of nitrogens with zero attached hydrogens (tertiary/aromatic N) is 2. The lowest BCUT2D eigenvalue weighted by Gasteiger charge is -2.07. The van der Waals surface area contributed by atoms with Gasteiger partial charge in [0.2, 0.25) is 11.6 Å². The molecular formula is C16H13N3O5. The highest BCUT2D eigenvalue weighted by Gasteiger charge is 2.21. The summed E-state index contributed by atoms with van der Waals surface area (Å²) >= 11 is 0. The Morgan fingerprint density at radius 1 is 1.25 bits per heavy atom. The van der Waals surface area contributed by atoms with Gasteiger partial charge in [-0.05, 0) is 12.1 Å². The van der Waals surface area contributed by atoms with E-state index >= 15 is 0 Å². The molecule has 8 heteroatoms. The number of ketones is 2. The highest BCUT2D eigenvalue weighted by molar-refractivity contribution is 6.42. The van der Waals surface area contributed by atoms with Gasteiger partial charge >= 0.3 is 0 Å². The Morgan fingerprint density at radius 3 is 2.75 bits per heavy atom. The Labute approximate surface area is 136 Å². The van der Waals surface area contributed by atoms with Gasteiger partial charge in [0.1, 0.15) is 18.4 Å². The van der Waals surface area contributed by atoms with Crippen molar-refractivity contribution in [3.8, 4) is 17.2 Å². The number of rotatable bonds is 7. The summed E-state index contributed by atoms with van der Waals surface area (Å²) in [5.74, 6) is 0.151. The van der Waals surface area contributed by atoms with Crippen LogP contribution in [0.3, 0.4) is 0 Å². The van der Waals surface area contributed by atoms with E-state index < -0.39 is 11.6 Å². The van der Waals surface area contributed by atoms with Crippen LogP contribution in [0.2, 0.25) is 0 Å². The zero-order valence-electron chi connectivity index (χ0n) is 12.7. The summed E-state index contributed by atoms with van der Waals surface area (Å²) in [5, 5.41) is 5.97. The van der Waals surface area contributed by atoms with Crippen LogP contribution in [0.5, 0.6) is 17.2 Å². The Hall–Kier alpha value is -3.42. The molecule has 0 saturated heterocycles. The largest absolute Gasteiger partial charge is 0.493 e. The van der Waals surface area contributed by atoms with E-state index in [1.165, 1.54) is 25.8 Å². The zero-order chi connectivity index (χ0) is 16.9. The van der Waals surface area contributed by atoms with Crippen LogP contribution < -0.4 is 9.47 Å². The Balaban J connectivity index is 1.67. The van der Waals surface area contributed by atoms with Crippen molar-refractivity contribution < 1.29 is 23.5 Å². The van der Waals surface area contributed by atoms with Gasteiger partial charge in [0.15, 0.2) is 17.2 Å². The minimum atomic E-state index is -0.778. The highest BCUT2D eigenvalue weighted by Crippen LogP contribution is 2.31. The third-order valence-corrected chi connectivity index (χ3v) is 3.13. The number of furan rings is 1. The summed E-state index contributed by atoms with van der Waals surface area (Å²) in [4.78, 5) is 27.4. The number of carbonyl (C=O) groups is 2. The van der Waals surface area contributed by atoms with Crippen molar-refractivity contribution in [2.24, 2.45) is 0 Å². The molecule has 0 amide bonds. The molecule has 0 fully saturated rings. The number of benzene rings is 1. The van der Waals surface area contributed by atoms with Gasteiger partial charge in [-0.1, -0.05) is 12.1 Å². The van der Waals surface area contributed by atoms with Crippen LogP contribution in [0.1, 0.15) is 16.4 Å². The number of hydrogen-bond donors (Lipinski definition) is 1. The van der Waals surface area contributed by atoms with Crippen molar-refractivity contribution in [3.05, 3.63) is 54.5 Å². The molecule has 2 aromatic heterocycles. The van der Waals surface area contributed by atoms with E-state index in [4.69, 9.17) is 13.9 Å². The number of carbonyl (C=O) groups excluding carboxylic acids is 2. The number of Topliss-reactive ketones (excluding diaryl/α,β-unsaturated/α-hetero) is 2. The quantitative estimate of drug-likeness (QED) is 0.523. The van der Waals surface area contributed by atoms with Gasteiger partial charge in [0, 0.05) is 6.07 Å². The number of nitrogens with one attached hydrogen (secondary N) is 1. The molecular weight excluding hydrogens is 314 g/mol. The van der Waals surface area contributed by atoms with E-state index in [9.17, 15) is 9.59 Å². The molecule has 2 heterocycles. The molecule has 0 aliphatic heterocycles. The lowest BCUT2D eigenvalue weighted by Crippen LogP contribution is -2.17. The van der Waals surface area contributed by atoms with Crippen molar-refractivity contribution in [1.82, 2.24) is 15.2 Å². The first-order valence-electron chi connectivity index (χ1n) is 6.99. The van der Waals surface area contributed by atoms with Crippen molar-refractivity contribution in [2.75, 3.05) is 7.11 Å². The van der Waals surface area contributed by atoms with Crippen LogP contribution >= 0.6 is 0 Å². The van der Waals surface area contributed by atoms with Crippen LogP contribution in [-0.4, -0.2) is 33.9 Å². The maximum Gasteiger partial charge on any atom is 0.268 e. The molecule has 3 rings (SSSR count). The number of methoxy groups -OCH3 is 1. The minimum Gasteiger partial charge on any atom is -0.493 e. The van der Waals surface area contributed by atoms with Crippen LogP contribution in [0.15, 0.2) is 47.3 Å². The van der Waals surface area contributed by atoms with E-state index in [2.05, 4.69) is 15.2 Å². The topological polar surface area (TPSA) is 107 Å².